The van der Waals surface area contributed by atoms with Gasteiger partial charge in [-0.3, -0.25) is 0 Å². The smallest absolute Gasteiger partial charge is 0.137 e. The van der Waals surface area contributed by atoms with Crippen LogP contribution < -0.4 is 9.64 Å². The fourth-order valence-electron chi connectivity index (χ4n) is 3.11. The zero-order valence-corrected chi connectivity index (χ0v) is 13.1. The summed E-state index contributed by atoms with van der Waals surface area (Å²) in [5.41, 5.74) is 4.04. The summed E-state index contributed by atoms with van der Waals surface area (Å²) in [4.78, 5) is 1.43. The minimum absolute atomic E-state index is 0.356. The number of hydrogen-bond acceptors (Lipinski definition) is 2. The van der Waals surface area contributed by atoms with Gasteiger partial charge in [0.05, 0.1) is 6.54 Å². The molecule has 3 rings (SSSR count). The van der Waals surface area contributed by atoms with Crippen LogP contribution in [0.1, 0.15) is 16.7 Å². The van der Waals surface area contributed by atoms with Crippen molar-refractivity contribution in [2.24, 2.45) is 0 Å². The first kappa shape index (κ1) is 15.1. The van der Waals surface area contributed by atoms with Crippen molar-refractivity contribution in [1.29, 1.82) is 0 Å². The average molecular weight is 298 g/mol. The third-order valence-electron chi connectivity index (χ3n) is 4.26. The largest absolute Gasteiger partial charge is 0.491 e. The highest BCUT2D eigenvalue weighted by molar-refractivity contribution is 5.28. The second kappa shape index (κ2) is 6.95. The first-order chi connectivity index (χ1) is 10.7. The van der Waals surface area contributed by atoms with Gasteiger partial charge in [0, 0.05) is 12.0 Å². The number of benzene rings is 2. The van der Waals surface area contributed by atoms with E-state index in [9.17, 15) is 5.11 Å². The van der Waals surface area contributed by atoms with E-state index in [2.05, 4.69) is 24.3 Å². The zero-order valence-electron chi connectivity index (χ0n) is 13.1. The fourth-order valence-corrected chi connectivity index (χ4v) is 3.11. The highest BCUT2D eigenvalue weighted by Crippen LogP contribution is 2.13. The second-order valence-electron chi connectivity index (χ2n) is 6.18. The topological polar surface area (TPSA) is 33.9 Å². The van der Waals surface area contributed by atoms with Crippen molar-refractivity contribution in [3.63, 3.8) is 0 Å². The Morgan fingerprint density at radius 2 is 1.95 bits per heavy atom. The number of nitrogens with one attached hydrogen (secondary N) is 1. The summed E-state index contributed by atoms with van der Waals surface area (Å²) in [6.07, 6.45) is 0.664. The van der Waals surface area contributed by atoms with Gasteiger partial charge in [-0.2, -0.15) is 0 Å². The Balaban J connectivity index is 1.49. The summed E-state index contributed by atoms with van der Waals surface area (Å²) in [6.45, 7) is 5.21. The van der Waals surface area contributed by atoms with Gasteiger partial charge in [0.1, 0.15) is 31.5 Å². The van der Waals surface area contributed by atoms with Crippen molar-refractivity contribution in [2.45, 2.75) is 26.0 Å². The molecule has 0 aliphatic carbocycles. The molecule has 2 N–H and O–H groups in total. The molecule has 1 aliphatic rings. The Morgan fingerprint density at radius 1 is 1.14 bits per heavy atom. The van der Waals surface area contributed by atoms with Crippen molar-refractivity contribution in [3.8, 4) is 5.75 Å². The molecule has 3 nitrogen and oxygen atoms in total. The number of fused-ring (bicyclic) bond motifs is 1. The summed E-state index contributed by atoms with van der Waals surface area (Å²) in [7, 11) is 0. The van der Waals surface area contributed by atoms with Crippen LogP contribution in [0.3, 0.4) is 0 Å². The number of aliphatic hydroxyl groups is 1. The Bertz CT molecular complexity index is 626. The fraction of sp³-hybridized carbons (Fsp3) is 0.368. The first-order valence-electron chi connectivity index (χ1n) is 7.98. The van der Waals surface area contributed by atoms with Crippen molar-refractivity contribution in [1.82, 2.24) is 0 Å². The summed E-state index contributed by atoms with van der Waals surface area (Å²) >= 11 is 0. The molecule has 22 heavy (non-hydrogen) atoms. The Labute approximate surface area is 132 Å². The van der Waals surface area contributed by atoms with Crippen LogP contribution in [0.15, 0.2) is 48.5 Å². The van der Waals surface area contributed by atoms with Crippen molar-refractivity contribution >= 4 is 0 Å². The van der Waals surface area contributed by atoms with Crippen LogP contribution >= 0.6 is 0 Å². The molecule has 3 heteroatoms. The monoisotopic (exact) mass is 298 g/mol. The molecular weight excluding hydrogens is 274 g/mol. The molecule has 1 unspecified atom stereocenters. The summed E-state index contributed by atoms with van der Waals surface area (Å²) in [6, 6.07) is 16.6. The van der Waals surface area contributed by atoms with Gasteiger partial charge < -0.3 is 14.7 Å². The lowest BCUT2D eigenvalue weighted by Gasteiger charge is -2.27. The molecule has 1 aliphatic heterocycles. The Kier molecular flexibility index (Phi) is 4.76. The van der Waals surface area contributed by atoms with Crippen LogP contribution in [0, 0.1) is 6.92 Å². The van der Waals surface area contributed by atoms with Gasteiger partial charge in [0.25, 0.3) is 0 Å². The Hall–Kier alpha value is -1.84. The lowest BCUT2D eigenvalue weighted by molar-refractivity contribution is -0.918. The SMILES string of the molecule is Cc1cccc(OC[C@@H](O)C[NH+]2CCc3ccccc3C2)c1. The summed E-state index contributed by atoms with van der Waals surface area (Å²) < 4.78 is 5.70. The van der Waals surface area contributed by atoms with Gasteiger partial charge in [-0.1, -0.05) is 36.4 Å². The highest BCUT2D eigenvalue weighted by atomic mass is 16.5. The second-order valence-corrected chi connectivity index (χ2v) is 6.18. The van der Waals surface area contributed by atoms with Crippen LogP contribution in [-0.2, 0) is 13.0 Å². The maximum Gasteiger partial charge on any atom is 0.137 e. The minimum Gasteiger partial charge on any atom is -0.491 e. The van der Waals surface area contributed by atoms with E-state index in [-0.39, 0.29) is 0 Å². The number of ether oxygens (including phenoxy) is 1. The molecule has 0 amide bonds. The van der Waals surface area contributed by atoms with E-state index in [0.29, 0.717) is 6.61 Å². The average Bonchev–Trinajstić information content (AvgIpc) is 2.53. The van der Waals surface area contributed by atoms with Crippen LogP contribution in [0.25, 0.3) is 0 Å². The van der Waals surface area contributed by atoms with E-state index in [0.717, 1.165) is 31.8 Å². The van der Waals surface area contributed by atoms with E-state index < -0.39 is 6.10 Å². The third kappa shape index (κ3) is 3.87. The van der Waals surface area contributed by atoms with Gasteiger partial charge in [-0.25, -0.2) is 0 Å². The molecule has 0 spiro atoms. The minimum atomic E-state index is -0.430. The highest BCUT2D eigenvalue weighted by Gasteiger charge is 2.21. The van der Waals surface area contributed by atoms with E-state index >= 15 is 0 Å². The molecule has 2 aromatic carbocycles. The molecule has 116 valence electrons. The molecule has 2 atom stereocenters. The van der Waals surface area contributed by atoms with Crippen LogP contribution in [-0.4, -0.2) is 30.9 Å². The number of aryl methyl sites for hydroxylation is 1. The quantitative estimate of drug-likeness (QED) is 0.874. The maximum atomic E-state index is 10.2. The standard InChI is InChI=1S/C19H23NO2/c1-15-5-4-8-19(11-15)22-14-18(21)13-20-10-9-16-6-2-3-7-17(16)12-20/h2-8,11,18,21H,9-10,12-14H2,1H3/p+1/t18-/m0/s1. The lowest BCUT2D eigenvalue weighted by Crippen LogP contribution is -3.13. The number of rotatable bonds is 5. The molecule has 1 heterocycles. The van der Waals surface area contributed by atoms with E-state index in [4.69, 9.17) is 4.74 Å². The van der Waals surface area contributed by atoms with Gasteiger partial charge in [-0.05, 0) is 30.2 Å². The van der Waals surface area contributed by atoms with E-state index in [1.54, 1.807) is 0 Å². The normalized spacial score (nSPS) is 18.5. The van der Waals surface area contributed by atoms with Gasteiger partial charge in [-0.15, -0.1) is 0 Å². The predicted molar refractivity (Wildman–Crippen MR) is 87.2 cm³/mol. The van der Waals surface area contributed by atoms with Crippen LogP contribution in [0.4, 0.5) is 0 Å². The zero-order chi connectivity index (χ0) is 15.4. The third-order valence-corrected chi connectivity index (χ3v) is 4.26. The van der Waals surface area contributed by atoms with Gasteiger partial charge in [0.15, 0.2) is 0 Å². The first-order valence-corrected chi connectivity index (χ1v) is 7.98. The van der Waals surface area contributed by atoms with Crippen molar-refractivity contribution in [3.05, 3.63) is 65.2 Å². The molecule has 0 radical (unpaired) electrons. The molecule has 0 saturated heterocycles. The van der Waals surface area contributed by atoms with Gasteiger partial charge in [0.2, 0.25) is 0 Å². The summed E-state index contributed by atoms with van der Waals surface area (Å²) in [5.74, 6) is 0.832. The molecule has 0 bridgehead atoms. The summed E-state index contributed by atoms with van der Waals surface area (Å²) in [5, 5.41) is 10.2. The lowest BCUT2D eigenvalue weighted by atomic mass is 10.00. The number of aliphatic hydroxyl groups excluding tert-OH is 1. The predicted octanol–water partition coefficient (Wildman–Crippen LogP) is 1.38. The molecule has 0 saturated carbocycles. The molecule has 2 aromatic rings. The van der Waals surface area contributed by atoms with Crippen molar-refractivity contribution < 1.29 is 14.7 Å². The molecule has 0 aromatic heterocycles. The number of hydrogen-bond donors (Lipinski definition) is 2. The maximum absolute atomic E-state index is 10.2. The number of quaternary nitrogens is 1. The van der Waals surface area contributed by atoms with E-state index in [1.165, 1.54) is 21.6 Å². The molecular formula is C19H24NO2+. The van der Waals surface area contributed by atoms with Crippen LogP contribution in [0.5, 0.6) is 5.75 Å². The van der Waals surface area contributed by atoms with E-state index in [1.807, 2.05) is 31.2 Å². The molecule has 0 fully saturated rings. The van der Waals surface area contributed by atoms with Crippen LogP contribution in [0.2, 0.25) is 0 Å². The van der Waals surface area contributed by atoms with Gasteiger partial charge >= 0.3 is 0 Å². The van der Waals surface area contributed by atoms with Crippen molar-refractivity contribution in [2.75, 3.05) is 19.7 Å². The Morgan fingerprint density at radius 3 is 2.77 bits per heavy atom.